The van der Waals surface area contributed by atoms with E-state index in [0.29, 0.717) is 6.54 Å². The summed E-state index contributed by atoms with van der Waals surface area (Å²) in [7, 11) is 0. The zero-order chi connectivity index (χ0) is 16.9. The topological polar surface area (TPSA) is 45.2 Å². The van der Waals surface area contributed by atoms with E-state index in [0.717, 1.165) is 42.9 Å². The number of aryl methyl sites for hydroxylation is 2. The maximum Gasteiger partial charge on any atom is 0.264 e. The minimum absolute atomic E-state index is 0. The lowest BCUT2D eigenvalue weighted by Gasteiger charge is -2.30. The number of carbonyl (C=O) groups is 1. The molecule has 3 heterocycles. The molecule has 1 unspecified atom stereocenters. The molecule has 3 rings (SSSR count). The van der Waals surface area contributed by atoms with E-state index in [1.54, 1.807) is 17.5 Å². The van der Waals surface area contributed by atoms with Gasteiger partial charge in [-0.1, -0.05) is 6.07 Å². The number of nitrogens with one attached hydrogen (secondary N) is 1. The van der Waals surface area contributed by atoms with Crippen molar-refractivity contribution in [1.29, 1.82) is 0 Å². The lowest BCUT2D eigenvalue weighted by atomic mass is 10.1. The van der Waals surface area contributed by atoms with Crippen LogP contribution in [0.1, 0.15) is 45.1 Å². The van der Waals surface area contributed by atoms with Crippen molar-refractivity contribution in [3.63, 3.8) is 0 Å². The molecule has 0 radical (unpaired) electrons. The van der Waals surface area contributed by atoms with Gasteiger partial charge in [-0.25, -0.2) is 0 Å². The van der Waals surface area contributed by atoms with E-state index in [4.69, 9.17) is 0 Å². The van der Waals surface area contributed by atoms with E-state index >= 15 is 0 Å². The van der Waals surface area contributed by atoms with Crippen LogP contribution >= 0.6 is 23.7 Å². The fourth-order valence-corrected chi connectivity index (χ4v) is 4.16. The molecule has 2 aromatic rings. The van der Waals surface area contributed by atoms with Crippen LogP contribution in [-0.4, -0.2) is 34.9 Å². The molecule has 1 saturated heterocycles. The molecule has 1 N–H and O–H groups in total. The molecule has 1 aliphatic heterocycles. The number of carbonyl (C=O) groups excluding carboxylic acids is 1. The van der Waals surface area contributed by atoms with E-state index in [9.17, 15) is 4.79 Å². The zero-order valence-corrected chi connectivity index (χ0v) is 16.5. The highest BCUT2D eigenvalue weighted by Gasteiger charge is 2.27. The Hall–Kier alpha value is -1.43. The predicted octanol–water partition coefficient (Wildman–Crippen LogP) is 3.97. The van der Waals surface area contributed by atoms with Crippen LogP contribution in [0.15, 0.2) is 30.5 Å². The average molecular weight is 380 g/mol. The highest BCUT2D eigenvalue weighted by Crippen LogP contribution is 2.25. The van der Waals surface area contributed by atoms with Gasteiger partial charge in [0.25, 0.3) is 5.91 Å². The van der Waals surface area contributed by atoms with Crippen LogP contribution in [0.2, 0.25) is 0 Å². The molecule has 0 bridgehead atoms. The number of aromatic nitrogens is 1. The molecule has 25 heavy (non-hydrogen) atoms. The standard InChI is InChI=1S/C19H25N3OS.ClH/c1-14-12-18(24-15(14)2)19(23)22(13-16-6-3-4-10-21-16)17-7-5-9-20-11-8-17;/h3-4,6,10,12,17,20H,5,7-9,11,13H2,1-2H3;1H. The molecule has 1 fully saturated rings. The van der Waals surface area contributed by atoms with Crippen molar-refractivity contribution in [1.82, 2.24) is 15.2 Å². The Balaban J connectivity index is 0.00000225. The third kappa shape index (κ3) is 5.03. The Kier molecular flexibility index (Phi) is 7.41. The van der Waals surface area contributed by atoms with Gasteiger partial charge in [0.2, 0.25) is 0 Å². The summed E-state index contributed by atoms with van der Waals surface area (Å²) in [6.45, 7) is 6.75. The molecular weight excluding hydrogens is 354 g/mol. The molecular formula is C19H26ClN3OS. The molecule has 1 aliphatic rings. The van der Waals surface area contributed by atoms with Gasteiger partial charge in [0, 0.05) is 17.1 Å². The number of halogens is 1. The monoisotopic (exact) mass is 379 g/mol. The number of thiophene rings is 1. The third-order valence-electron chi connectivity index (χ3n) is 4.68. The van der Waals surface area contributed by atoms with E-state index in [2.05, 4.69) is 24.1 Å². The summed E-state index contributed by atoms with van der Waals surface area (Å²) in [6.07, 6.45) is 4.96. The quantitative estimate of drug-likeness (QED) is 0.874. The first-order valence-electron chi connectivity index (χ1n) is 8.64. The van der Waals surface area contributed by atoms with Crippen molar-refractivity contribution in [2.24, 2.45) is 0 Å². The molecule has 1 amide bonds. The largest absolute Gasteiger partial charge is 0.329 e. The molecule has 4 nitrogen and oxygen atoms in total. The van der Waals surface area contributed by atoms with Gasteiger partial charge in [-0.2, -0.15) is 0 Å². The van der Waals surface area contributed by atoms with Gasteiger partial charge in [-0.05, 0) is 70.0 Å². The molecule has 1 atom stereocenters. The van der Waals surface area contributed by atoms with E-state index in [-0.39, 0.29) is 24.4 Å². The van der Waals surface area contributed by atoms with Crippen molar-refractivity contribution >= 4 is 29.7 Å². The molecule has 136 valence electrons. The highest BCUT2D eigenvalue weighted by molar-refractivity contribution is 7.14. The number of nitrogens with zero attached hydrogens (tertiary/aromatic N) is 2. The highest BCUT2D eigenvalue weighted by atomic mass is 35.5. The molecule has 0 aliphatic carbocycles. The second-order valence-electron chi connectivity index (χ2n) is 6.44. The number of rotatable bonds is 4. The van der Waals surface area contributed by atoms with Gasteiger partial charge < -0.3 is 10.2 Å². The van der Waals surface area contributed by atoms with E-state index in [1.807, 2.05) is 29.2 Å². The number of pyridine rings is 1. The van der Waals surface area contributed by atoms with Gasteiger partial charge in [0.15, 0.2) is 0 Å². The summed E-state index contributed by atoms with van der Waals surface area (Å²) >= 11 is 1.60. The first-order valence-corrected chi connectivity index (χ1v) is 9.45. The Bertz CT molecular complexity index is 662. The SMILES string of the molecule is Cc1cc(C(=O)N(Cc2ccccn2)C2CCCNCC2)sc1C.Cl. The maximum absolute atomic E-state index is 13.2. The molecule has 2 aromatic heterocycles. The molecule has 0 spiro atoms. The maximum atomic E-state index is 13.2. The van der Waals surface area contributed by atoms with Crippen molar-refractivity contribution in [3.05, 3.63) is 51.5 Å². The van der Waals surface area contributed by atoms with Crippen molar-refractivity contribution in [2.45, 2.75) is 45.7 Å². The van der Waals surface area contributed by atoms with Crippen molar-refractivity contribution < 1.29 is 4.79 Å². The summed E-state index contributed by atoms with van der Waals surface area (Å²) in [4.78, 5) is 21.8. The van der Waals surface area contributed by atoms with Gasteiger partial charge in [-0.3, -0.25) is 9.78 Å². The molecule has 0 aromatic carbocycles. The molecule has 6 heteroatoms. The fourth-order valence-electron chi connectivity index (χ4n) is 3.17. The minimum atomic E-state index is 0. The van der Waals surface area contributed by atoms with Crippen LogP contribution in [0, 0.1) is 13.8 Å². The van der Waals surface area contributed by atoms with Crippen LogP contribution in [0.3, 0.4) is 0 Å². The Morgan fingerprint density at radius 2 is 2.16 bits per heavy atom. The van der Waals surface area contributed by atoms with E-state index in [1.165, 1.54) is 10.4 Å². The van der Waals surface area contributed by atoms with Crippen LogP contribution in [-0.2, 0) is 6.54 Å². The summed E-state index contributed by atoms with van der Waals surface area (Å²) < 4.78 is 0. The predicted molar refractivity (Wildman–Crippen MR) is 106 cm³/mol. The first-order chi connectivity index (χ1) is 11.6. The van der Waals surface area contributed by atoms with Crippen LogP contribution in [0.5, 0.6) is 0 Å². The van der Waals surface area contributed by atoms with Crippen molar-refractivity contribution in [3.8, 4) is 0 Å². The Labute approximate surface area is 160 Å². The number of amides is 1. The summed E-state index contributed by atoms with van der Waals surface area (Å²) in [6, 6.07) is 8.20. The van der Waals surface area contributed by atoms with Gasteiger partial charge in [0.1, 0.15) is 0 Å². The van der Waals surface area contributed by atoms with Crippen LogP contribution in [0.4, 0.5) is 0 Å². The van der Waals surface area contributed by atoms with E-state index < -0.39 is 0 Å². The Morgan fingerprint density at radius 1 is 1.32 bits per heavy atom. The second-order valence-corrected chi connectivity index (χ2v) is 7.70. The van der Waals surface area contributed by atoms with Crippen molar-refractivity contribution in [2.75, 3.05) is 13.1 Å². The minimum Gasteiger partial charge on any atom is -0.329 e. The molecule has 0 saturated carbocycles. The van der Waals surface area contributed by atoms with Crippen LogP contribution in [0.25, 0.3) is 0 Å². The zero-order valence-electron chi connectivity index (χ0n) is 14.8. The van der Waals surface area contributed by atoms with Crippen LogP contribution < -0.4 is 5.32 Å². The smallest absolute Gasteiger partial charge is 0.264 e. The second kappa shape index (κ2) is 9.32. The summed E-state index contributed by atoms with van der Waals surface area (Å²) in [5, 5.41) is 3.44. The average Bonchev–Trinajstić information content (AvgIpc) is 2.80. The van der Waals surface area contributed by atoms with Gasteiger partial charge in [-0.15, -0.1) is 23.7 Å². The lowest BCUT2D eigenvalue weighted by Crippen LogP contribution is -2.40. The first kappa shape index (κ1) is 19.9. The van der Waals surface area contributed by atoms with Gasteiger partial charge >= 0.3 is 0 Å². The third-order valence-corrected chi connectivity index (χ3v) is 5.82. The lowest BCUT2D eigenvalue weighted by molar-refractivity contribution is 0.0647. The fraction of sp³-hybridized carbons (Fsp3) is 0.474. The summed E-state index contributed by atoms with van der Waals surface area (Å²) in [5.41, 5.74) is 2.15. The Morgan fingerprint density at radius 3 is 2.84 bits per heavy atom. The summed E-state index contributed by atoms with van der Waals surface area (Å²) in [5.74, 6) is 0.147. The number of hydrogen-bond donors (Lipinski definition) is 1. The van der Waals surface area contributed by atoms with Gasteiger partial charge in [0.05, 0.1) is 17.1 Å². The number of hydrogen-bond acceptors (Lipinski definition) is 4. The normalized spacial score (nSPS) is 17.4.